The van der Waals surface area contributed by atoms with Crippen LogP contribution in [0.5, 0.6) is 11.6 Å². The van der Waals surface area contributed by atoms with Gasteiger partial charge in [-0.1, -0.05) is 25.4 Å². The van der Waals surface area contributed by atoms with E-state index in [1.807, 2.05) is 13.8 Å². The van der Waals surface area contributed by atoms with Gasteiger partial charge < -0.3 is 9.30 Å². The Kier molecular flexibility index (Phi) is 4.99. The smallest absolute Gasteiger partial charge is 0.416 e. The number of benzene rings is 1. The van der Waals surface area contributed by atoms with Crippen LogP contribution < -0.4 is 10.3 Å². The number of halogens is 4. The van der Waals surface area contributed by atoms with Gasteiger partial charge in [-0.05, 0) is 24.1 Å². The maximum atomic E-state index is 12.7. The molecule has 0 atom stereocenters. The molecular weight excluding hydrogens is 333 g/mol. The van der Waals surface area contributed by atoms with Crippen molar-refractivity contribution in [1.82, 2.24) is 9.55 Å². The maximum absolute atomic E-state index is 12.7. The number of nitrogens with zero attached hydrogens (tertiary/aromatic N) is 2. The normalized spacial score (nSPS) is 11.8. The van der Waals surface area contributed by atoms with Crippen molar-refractivity contribution in [3.8, 4) is 11.6 Å². The quantitative estimate of drug-likeness (QED) is 0.826. The molecule has 1 aromatic heterocycles. The van der Waals surface area contributed by atoms with Crippen molar-refractivity contribution in [1.29, 1.82) is 0 Å². The van der Waals surface area contributed by atoms with Crippen molar-refractivity contribution in [3.05, 3.63) is 51.5 Å². The van der Waals surface area contributed by atoms with Gasteiger partial charge in [0.2, 0.25) is 0 Å². The molecule has 0 aliphatic heterocycles. The topological polar surface area (TPSA) is 44.1 Å². The summed E-state index contributed by atoms with van der Waals surface area (Å²) in [7, 11) is 0. The van der Waals surface area contributed by atoms with Crippen molar-refractivity contribution < 1.29 is 17.9 Å². The molecule has 8 heteroatoms. The first kappa shape index (κ1) is 17.3. The summed E-state index contributed by atoms with van der Waals surface area (Å²) >= 11 is 5.84. The summed E-state index contributed by atoms with van der Waals surface area (Å²) < 4.78 is 44.8. The predicted molar refractivity (Wildman–Crippen MR) is 79.9 cm³/mol. The van der Waals surface area contributed by atoms with Gasteiger partial charge in [-0.25, -0.2) is 4.98 Å². The maximum Gasteiger partial charge on any atom is 0.416 e. The van der Waals surface area contributed by atoms with Crippen molar-refractivity contribution in [3.63, 3.8) is 0 Å². The Balaban J connectivity index is 2.38. The summed E-state index contributed by atoms with van der Waals surface area (Å²) in [5, 5.41) is -0.0431. The Hall–Kier alpha value is -2.02. The molecule has 1 heterocycles. The molecule has 0 aliphatic rings. The molecule has 23 heavy (non-hydrogen) atoms. The fraction of sp³-hybridized carbons (Fsp3) is 0.333. The van der Waals surface area contributed by atoms with E-state index in [-0.39, 0.29) is 22.6 Å². The van der Waals surface area contributed by atoms with Crippen molar-refractivity contribution in [2.45, 2.75) is 26.6 Å². The average Bonchev–Trinajstić information content (AvgIpc) is 2.43. The van der Waals surface area contributed by atoms with E-state index in [1.54, 1.807) is 0 Å². The van der Waals surface area contributed by atoms with Crippen LogP contribution in [0.25, 0.3) is 0 Å². The second-order valence-electron chi connectivity index (χ2n) is 5.33. The molecule has 2 aromatic rings. The highest BCUT2D eigenvalue weighted by Gasteiger charge is 2.31. The zero-order valence-electron chi connectivity index (χ0n) is 12.4. The van der Waals surface area contributed by atoms with E-state index in [0.29, 0.717) is 6.54 Å². The summed E-state index contributed by atoms with van der Waals surface area (Å²) in [6.07, 6.45) is -1.70. The molecule has 1 aromatic carbocycles. The van der Waals surface area contributed by atoms with Crippen molar-refractivity contribution in [2.24, 2.45) is 5.92 Å². The van der Waals surface area contributed by atoms with E-state index >= 15 is 0 Å². The second-order valence-corrected chi connectivity index (χ2v) is 5.74. The SMILES string of the molecule is CC(C)Cn1ccnc(Oc2cc(C(F)(F)F)ccc2Cl)c1=O. The van der Waals surface area contributed by atoms with Crippen LogP contribution in [-0.4, -0.2) is 9.55 Å². The van der Waals surface area contributed by atoms with Crippen LogP contribution in [0.1, 0.15) is 19.4 Å². The van der Waals surface area contributed by atoms with Gasteiger partial charge in [0.15, 0.2) is 0 Å². The number of ether oxygens (including phenoxy) is 1. The molecule has 4 nitrogen and oxygen atoms in total. The van der Waals surface area contributed by atoms with E-state index in [9.17, 15) is 18.0 Å². The average molecular weight is 347 g/mol. The Bertz CT molecular complexity index is 757. The Labute approximate surface area is 135 Å². The number of aromatic nitrogens is 2. The van der Waals surface area contributed by atoms with Crippen molar-refractivity contribution in [2.75, 3.05) is 0 Å². The van der Waals surface area contributed by atoms with Crippen LogP contribution in [0.2, 0.25) is 5.02 Å². The van der Waals surface area contributed by atoms with E-state index in [4.69, 9.17) is 16.3 Å². The number of hydrogen-bond donors (Lipinski definition) is 0. The number of rotatable bonds is 4. The minimum absolute atomic E-state index is 0.0431. The molecule has 2 rings (SSSR count). The standard InChI is InChI=1S/C15H14ClF3N2O2/c1-9(2)8-21-6-5-20-13(14(21)22)23-12-7-10(15(17,18)19)3-4-11(12)16/h3-7,9H,8H2,1-2H3. The summed E-state index contributed by atoms with van der Waals surface area (Å²) in [5.74, 6) is -0.386. The van der Waals surface area contributed by atoms with Gasteiger partial charge in [-0.3, -0.25) is 4.79 Å². The monoisotopic (exact) mass is 346 g/mol. The minimum Gasteiger partial charge on any atom is -0.433 e. The Morgan fingerprint density at radius 2 is 2.04 bits per heavy atom. The van der Waals surface area contributed by atoms with Gasteiger partial charge in [0.05, 0.1) is 10.6 Å². The first-order valence-electron chi connectivity index (χ1n) is 6.78. The van der Waals surface area contributed by atoms with Crippen LogP contribution in [0.3, 0.4) is 0 Å². The molecule has 0 saturated carbocycles. The molecule has 0 amide bonds. The largest absolute Gasteiger partial charge is 0.433 e. The van der Waals surface area contributed by atoms with Crippen molar-refractivity contribution >= 4 is 11.6 Å². The number of hydrogen-bond acceptors (Lipinski definition) is 3. The third-order valence-corrected chi connectivity index (χ3v) is 3.22. The first-order valence-corrected chi connectivity index (χ1v) is 7.16. The minimum atomic E-state index is -4.54. The molecule has 0 N–H and O–H groups in total. The lowest BCUT2D eigenvalue weighted by Crippen LogP contribution is -2.23. The highest BCUT2D eigenvalue weighted by molar-refractivity contribution is 6.32. The molecule has 0 spiro atoms. The molecule has 0 fully saturated rings. The summed E-state index contributed by atoms with van der Waals surface area (Å²) in [4.78, 5) is 16.0. The fourth-order valence-electron chi connectivity index (χ4n) is 1.90. The summed E-state index contributed by atoms with van der Waals surface area (Å²) in [5.41, 5.74) is -1.45. The van der Waals surface area contributed by atoms with Crippen LogP contribution in [0.15, 0.2) is 35.4 Å². The lowest BCUT2D eigenvalue weighted by molar-refractivity contribution is -0.137. The van der Waals surface area contributed by atoms with E-state index < -0.39 is 17.3 Å². The highest BCUT2D eigenvalue weighted by atomic mass is 35.5. The fourth-order valence-corrected chi connectivity index (χ4v) is 2.05. The third kappa shape index (κ3) is 4.25. The lowest BCUT2D eigenvalue weighted by Gasteiger charge is -2.12. The molecule has 0 unspecified atom stereocenters. The highest BCUT2D eigenvalue weighted by Crippen LogP contribution is 2.35. The van der Waals surface area contributed by atoms with Gasteiger partial charge in [0.25, 0.3) is 5.88 Å². The zero-order chi connectivity index (χ0) is 17.2. The molecular formula is C15H14ClF3N2O2. The molecule has 0 saturated heterocycles. The molecule has 124 valence electrons. The summed E-state index contributed by atoms with van der Waals surface area (Å²) in [6, 6.07) is 2.64. The molecule has 0 radical (unpaired) electrons. The summed E-state index contributed by atoms with van der Waals surface area (Å²) in [6.45, 7) is 4.29. The van der Waals surface area contributed by atoms with Gasteiger partial charge in [0, 0.05) is 18.9 Å². The second kappa shape index (κ2) is 6.62. The first-order chi connectivity index (χ1) is 10.7. The zero-order valence-corrected chi connectivity index (χ0v) is 13.1. The van der Waals surface area contributed by atoms with Crippen LogP contribution >= 0.6 is 11.6 Å². The van der Waals surface area contributed by atoms with E-state index in [0.717, 1.165) is 18.2 Å². The third-order valence-electron chi connectivity index (χ3n) is 2.91. The molecule has 0 bridgehead atoms. The van der Waals surface area contributed by atoms with Crippen LogP contribution in [0.4, 0.5) is 13.2 Å². The van der Waals surface area contributed by atoms with E-state index in [2.05, 4.69) is 4.98 Å². The lowest BCUT2D eigenvalue weighted by atomic mass is 10.2. The van der Waals surface area contributed by atoms with Gasteiger partial charge >= 0.3 is 11.7 Å². The Morgan fingerprint density at radius 1 is 1.35 bits per heavy atom. The van der Waals surface area contributed by atoms with Gasteiger partial charge in [0.1, 0.15) is 5.75 Å². The van der Waals surface area contributed by atoms with Crippen LogP contribution in [-0.2, 0) is 12.7 Å². The van der Waals surface area contributed by atoms with Gasteiger partial charge in [-0.2, -0.15) is 13.2 Å². The van der Waals surface area contributed by atoms with Gasteiger partial charge in [-0.15, -0.1) is 0 Å². The van der Waals surface area contributed by atoms with E-state index in [1.165, 1.54) is 17.0 Å². The molecule has 0 aliphatic carbocycles. The van der Waals surface area contributed by atoms with Crippen LogP contribution in [0, 0.1) is 5.92 Å². The Morgan fingerprint density at radius 3 is 2.65 bits per heavy atom. The predicted octanol–water partition coefficient (Wildman–Crippen LogP) is 4.36. The number of alkyl halides is 3.